The molecule has 0 fully saturated rings. The van der Waals surface area contributed by atoms with E-state index in [4.69, 9.17) is 0 Å². The Kier molecular flexibility index (Phi) is 4.07. The van der Waals surface area contributed by atoms with Gasteiger partial charge in [-0.15, -0.1) is 11.3 Å². The highest BCUT2D eigenvalue weighted by molar-refractivity contribution is 7.12. The average Bonchev–Trinajstić information content (AvgIpc) is 2.96. The van der Waals surface area contributed by atoms with Gasteiger partial charge in [-0.3, -0.25) is 4.68 Å². The number of aryl methyl sites for hydroxylation is 1. The quantitative estimate of drug-likeness (QED) is 0.873. The van der Waals surface area contributed by atoms with E-state index in [1.54, 1.807) is 0 Å². The van der Waals surface area contributed by atoms with Gasteiger partial charge in [-0.2, -0.15) is 5.10 Å². The Morgan fingerprint density at radius 1 is 1.33 bits per heavy atom. The van der Waals surface area contributed by atoms with Gasteiger partial charge < -0.3 is 5.32 Å². The molecule has 3 nitrogen and oxygen atoms in total. The smallest absolute Gasteiger partial charge is 0.0731 e. The van der Waals surface area contributed by atoms with Crippen molar-refractivity contribution >= 4 is 17.0 Å². The first-order valence-electron chi connectivity index (χ1n) is 6.49. The molecule has 0 aliphatic rings. The fourth-order valence-electron chi connectivity index (χ4n) is 1.83. The topological polar surface area (TPSA) is 29.9 Å². The Morgan fingerprint density at radius 2 is 2.11 bits per heavy atom. The molecule has 0 spiro atoms. The van der Waals surface area contributed by atoms with E-state index in [-0.39, 0.29) is 0 Å². The molecule has 0 radical (unpaired) electrons. The Bertz CT molecular complexity index is 499. The van der Waals surface area contributed by atoms with Crippen LogP contribution in [-0.4, -0.2) is 9.78 Å². The van der Waals surface area contributed by atoms with Gasteiger partial charge in [0.25, 0.3) is 0 Å². The van der Waals surface area contributed by atoms with Crippen LogP contribution in [-0.2, 0) is 6.42 Å². The van der Waals surface area contributed by atoms with Crippen LogP contribution in [0.15, 0.2) is 24.5 Å². The molecular formula is C14H21N3S. The maximum Gasteiger partial charge on any atom is 0.0731 e. The van der Waals surface area contributed by atoms with Gasteiger partial charge in [0.1, 0.15) is 0 Å². The molecule has 18 heavy (non-hydrogen) atoms. The molecular weight excluding hydrogens is 242 g/mol. The molecule has 0 aliphatic carbocycles. The van der Waals surface area contributed by atoms with E-state index >= 15 is 0 Å². The van der Waals surface area contributed by atoms with Gasteiger partial charge in [0.15, 0.2) is 0 Å². The van der Waals surface area contributed by atoms with Gasteiger partial charge in [-0.05, 0) is 39.3 Å². The number of anilines is 1. The summed E-state index contributed by atoms with van der Waals surface area (Å²) >= 11 is 1.88. The van der Waals surface area contributed by atoms with E-state index in [0.717, 1.165) is 12.1 Å². The second kappa shape index (κ2) is 5.57. The van der Waals surface area contributed by atoms with Crippen molar-refractivity contribution in [2.75, 3.05) is 5.32 Å². The van der Waals surface area contributed by atoms with Crippen LogP contribution in [0.1, 0.15) is 49.5 Å². The van der Waals surface area contributed by atoms with Crippen molar-refractivity contribution in [2.45, 2.75) is 46.2 Å². The zero-order valence-electron chi connectivity index (χ0n) is 11.5. The lowest BCUT2D eigenvalue weighted by atomic mass is 10.2. The summed E-state index contributed by atoms with van der Waals surface area (Å²) in [7, 11) is 0. The fraction of sp³-hybridized carbons (Fsp3) is 0.500. The lowest BCUT2D eigenvalue weighted by Crippen LogP contribution is -2.04. The normalized spacial score (nSPS) is 12.9. The van der Waals surface area contributed by atoms with Crippen LogP contribution in [0.5, 0.6) is 0 Å². The van der Waals surface area contributed by atoms with Gasteiger partial charge in [-0.1, -0.05) is 6.92 Å². The molecule has 0 bridgehead atoms. The molecule has 2 rings (SSSR count). The monoisotopic (exact) mass is 263 g/mol. The van der Waals surface area contributed by atoms with Gasteiger partial charge in [0, 0.05) is 22.0 Å². The first kappa shape index (κ1) is 13.1. The standard InChI is InChI=1S/C14H21N3S/c1-5-13-6-7-14(18-13)11(4)16-12-8-15-17(9-12)10(2)3/h6-11,16H,5H2,1-4H3. The largest absolute Gasteiger partial charge is 0.375 e. The summed E-state index contributed by atoms with van der Waals surface area (Å²) in [6, 6.07) is 5.17. The van der Waals surface area contributed by atoms with Crippen molar-refractivity contribution in [3.8, 4) is 0 Å². The minimum absolute atomic E-state index is 0.333. The number of aromatic nitrogens is 2. The zero-order valence-corrected chi connectivity index (χ0v) is 12.3. The Morgan fingerprint density at radius 3 is 2.67 bits per heavy atom. The maximum atomic E-state index is 4.34. The van der Waals surface area contributed by atoms with Crippen molar-refractivity contribution in [1.29, 1.82) is 0 Å². The molecule has 1 atom stereocenters. The molecule has 1 unspecified atom stereocenters. The number of hydrogen-bond acceptors (Lipinski definition) is 3. The lowest BCUT2D eigenvalue weighted by molar-refractivity contribution is 0.532. The molecule has 0 aromatic carbocycles. The third-order valence-electron chi connectivity index (χ3n) is 2.97. The molecule has 4 heteroatoms. The van der Waals surface area contributed by atoms with Gasteiger partial charge >= 0.3 is 0 Å². The molecule has 98 valence electrons. The fourth-order valence-corrected chi connectivity index (χ4v) is 2.79. The number of thiophene rings is 1. The van der Waals surface area contributed by atoms with Crippen LogP contribution >= 0.6 is 11.3 Å². The van der Waals surface area contributed by atoms with Gasteiger partial charge in [-0.25, -0.2) is 0 Å². The Labute approximate surface area is 113 Å². The summed E-state index contributed by atoms with van der Waals surface area (Å²) < 4.78 is 1.97. The van der Waals surface area contributed by atoms with E-state index in [1.807, 2.05) is 22.2 Å². The van der Waals surface area contributed by atoms with Crippen LogP contribution in [0.25, 0.3) is 0 Å². The summed E-state index contributed by atoms with van der Waals surface area (Å²) in [5, 5.41) is 7.84. The third kappa shape index (κ3) is 2.93. The van der Waals surface area contributed by atoms with Crippen molar-refractivity contribution in [3.63, 3.8) is 0 Å². The van der Waals surface area contributed by atoms with Crippen LogP contribution in [0, 0.1) is 0 Å². The molecule has 2 aromatic heterocycles. The second-order valence-electron chi connectivity index (χ2n) is 4.83. The summed E-state index contributed by atoms with van der Waals surface area (Å²) in [5.41, 5.74) is 1.09. The van der Waals surface area contributed by atoms with Gasteiger partial charge in [0.2, 0.25) is 0 Å². The second-order valence-corrected chi connectivity index (χ2v) is 6.03. The lowest BCUT2D eigenvalue weighted by Gasteiger charge is -2.11. The summed E-state index contributed by atoms with van der Waals surface area (Å²) in [6.45, 7) is 8.65. The molecule has 2 heterocycles. The summed E-state index contributed by atoms with van der Waals surface area (Å²) in [5.74, 6) is 0. The first-order chi connectivity index (χ1) is 8.60. The summed E-state index contributed by atoms with van der Waals surface area (Å²) in [4.78, 5) is 2.82. The summed E-state index contributed by atoms with van der Waals surface area (Å²) in [6.07, 6.45) is 5.07. The predicted molar refractivity (Wildman–Crippen MR) is 78.3 cm³/mol. The molecule has 0 amide bonds. The minimum atomic E-state index is 0.333. The van der Waals surface area contributed by atoms with Crippen LogP contribution in [0.3, 0.4) is 0 Å². The highest BCUT2D eigenvalue weighted by Crippen LogP contribution is 2.26. The zero-order chi connectivity index (χ0) is 13.1. The van der Waals surface area contributed by atoms with Crippen LogP contribution in [0.4, 0.5) is 5.69 Å². The predicted octanol–water partition coefficient (Wildman–Crippen LogP) is 4.26. The Balaban J connectivity index is 2.03. The molecule has 1 N–H and O–H groups in total. The third-order valence-corrected chi connectivity index (χ3v) is 4.38. The minimum Gasteiger partial charge on any atom is -0.375 e. The van der Waals surface area contributed by atoms with E-state index in [2.05, 4.69) is 56.4 Å². The van der Waals surface area contributed by atoms with E-state index in [0.29, 0.717) is 12.1 Å². The van der Waals surface area contributed by atoms with Gasteiger partial charge in [0.05, 0.1) is 17.9 Å². The van der Waals surface area contributed by atoms with Crippen molar-refractivity contribution in [2.24, 2.45) is 0 Å². The van der Waals surface area contributed by atoms with E-state index in [1.165, 1.54) is 9.75 Å². The average molecular weight is 263 g/mol. The van der Waals surface area contributed by atoms with Crippen LogP contribution in [0.2, 0.25) is 0 Å². The molecule has 0 saturated heterocycles. The van der Waals surface area contributed by atoms with Crippen molar-refractivity contribution < 1.29 is 0 Å². The van der Waals surface area contributed by atoms with E-state index < -0.39 is 0 Å². The number of nitrogens with zero attached hydrogens (tertiary/aromatic N) is 2. The van der Waals surface area contributed by atoms with Crippen molar-refractivity contribution in [1.82, 2.24) is 9.78 Å². The highest BCUT2D eigenvalue weighted by atomic mass is 32.1. The van der Waals surface area contributed by atoms with E-state index in [9.17, 15) is 0 Å². The Hall–Kier alpha value is -1.29. The van der Waals surface area contributed by atoms with Crippen molar-refractivity contribution in [3.05, 3.63) is 34.3 Å². The molecule has 0 aliphatic heterocycles. The first-order valence-corrected chi connectivity index (χ1v) is 7.31. The number of rotatable bonds is 5. The number of hydrogen-bond donors (Lipinski definition) is 1. The maximum absolute atomic E-state index is 4.34. The molecule has 2 aromatic rings. The SMILES string of the molecule is CCc1ccc(C(C)Nc2cnn(C(C)C)c2)s1. The molecule has 0 saturated carbocycles. The van der Waals surface area contributed by atoms with Crippen LogP contribution < -0.4 is 5.32 Å². The number of nitrogens with one attached hydrogen (secondary N) is 1. The highest BCUT2D eigenvalue weighted by Gasteiger charge is 2.09.